The van der Waals surface area contributed by atoms with Gasteiger partial charge in [0.15, 0.2) is 0 Å². The van der Waals surface area contributed by atoms with Crippen LogP contribution >= 0.6 is 0 Å². The van der Waals surface area contributed by atoms with Gasteiger partial charge in [-0.05, 0) is 43.0 Å². The first-order chi connectivity index (χ1) is 18.5. The standard InChI is InChI=1S/C29H38N4O5S/c1-6-38-28(34)26-25(31(5)29(35)30-27(26)23-14-12-22(13-15-23)20(2)3)19-32-16-17-33(21(4)18-32)39(36,37)24-10-8-7-9-11-24/h7-15,20-21,27H,6,16-19H2,1-5H3,(H,30,35). The average molecular weight is 555 g/mol. The minimum absolute atomic E-state index is 0.208. The Kier molecular flexibility index (Phi) is 8.78. The third-order valence-corrected chi connectivity index (χ3v) is 9.41. The van der Waals surface area contributed by atoms with Gasteiger partial charge in [-0.3, -0.25) is 9.80 Å². The molecule has 210 valence electrons. The number of urea groups is 1. The fourth-order valence-electron chi connectivity index (χ4n) is 5.18. The van der Waals surface area contributed by atoms with Crippen LogP contribution in [0.4, 0.5) is 4.79 Å². The van der Waals surface area contributed by atoms with E-state index in [1.54, 1.807) is 44.3 Å². The number of sulfonamides is 1. The van der Waals surface area contributed by atoms with Crippen molar-refractivity contribution in [3.05, 3.63) is 77.0 Å². The van der Waals surface area contributed by atoms with Gasteiger partial charge in [0.05, 0.1) is 23.1 Å². The van der Waals surface area contributed by atoms with Crippen molar-refractivity contribution in [2.24, 2.45) is 0 Å². The van der Waals surface area contributed by atoms with Gasteiger partial charge >= 0.3 is 12.0 Å². The molecule has 2 aromatic rings. The van der Waals surface area contributed by atoms with E-state index in [0.717, 1.165) is 11.1 Å². The van der Waals surface area contributed by atoms with E-state index in [4.69, 9.17) is 4.74 Å². The number of piperazine rings is 1. The number of hydrogen-bond donors (Lipinski definition) is 1. The van der Waals surface area contributed by atoms with Gasteiger partial charge in [-0.2, -0.15) is 4.31 Å². The fraction of sp³-hybridized carbons (Fsp3) is 0.448. The van der Waals surface area contributed by atoms with Crippen LogP contribution in [-0.2, 0) is 19.6 Å². The highest BCUT2D eigenvalue weighted by atomic mass is 32.2. The summed E-state index contributed by atoms with van der Waals surface area (Å²) in [6.45, 7) is 9.58. The predicted molar refractivity (Wildman–Crippen MR) is 149 cm³/mol. The van der Waals surface area contributed by atoms with Crippen molar-refractivity contribution in [3.63, 3.8) is 0 Å². The Labute approximate surface area is 231 Å². The lowest BCUT2D eigenvalue weighted by Crippen LogP contribution is -2.56. The molecule has 2 aliphatic heterocycles. The topological polar surface area (TPSA) is 99.3 Å². The molecular formula is C29H38N4O5S. The van der Waals surface area contributed by atoms with Crippen LogP contribution in [0.25, 0.3) is 0 Å². The number of nitrogens with zero attached hydrogens (tertiary/aromatic N) is 3. The summed E-state index contributed by atoms with van der Waals surface area (Å²) in [4.78, 5) is 30.2. The number of ether oxygens (including phenoxy) is 1. The minimum Gasteiger partial charge on any atom is -0.463 e. The molecule has 1 fully saturated rings. The Morgan fingerprint density at radius 1 is 1.08 bits per heavy atom. The number of carbonyl (C=O) groups excluding carboxylic acids is 2. The summed E-state index contributed by atoms with van der Waals surface area (Å²) in [6, 6.07) is 15.1. The third kappa shape index (κ3) is 6.03. The highest BCUT2D eigenvalue weighted by Gasteiger charge is 2.39. The number of rotatable bonds is 8. The molecule has 2 amide bonds. The fourth-order valence-corrected chi connectivity index (χ4v) is 6.81. The number of hydrogen-bond acceptors (Lipinski definition) is 6. The Morgan fingerprint density at radius 3 is 2.33 bits per heavy atom. The van der Waals surface area contributed by atoms with Gasteiger partial charge in [0.2, 0.25) is 10.0 Å². The van der Waals surface area contributed by atoms with Crippen LogP contribution in [0.1, 0.15) is 50.8 Å². The highest BCUT2D eigenvalue weighted by Crippen LogP contribution is 2.33. The van der Waals surface area contributed by atoms with Gasteiger partial charge in [0.25, 0.3) is 0 Å². The van der Waals surface area contributed by atoms with Crippen LogP contribution in [0.15, 0.2) is 70.8 Å². The van der Waals surface area contributed by atoms with E-state index in [-0.39, 0.29) is 23.6 Å². The first kappa shape index (κ1) is 28.8. The second-order valence-electron chi connectivity index (χ2n) is 10.4. The SMILES string of the molecule is CCOC(=O)C1=C(CN2CCN(S(=O)(=O)c3ccccc3)C(C)C2)N(C)C(=O)NC1c1ccc(C(C)C)cc1. The first-order valence-electron chi connectivity index (χ1n) is 13.4. The molecule has 2 aliphatic rings. The zero-order valence-electron chi connectivity index (χ0n) is 23.3. The summed E-state index contributed by atoms with van der Waals surface area (Å²) >= 11 is 0. The summed E-state index contributed by atoms with van der Waals surface area (Å²) in [5.41, 5.74) is 2.91. The van der Waals surface area contributed by atoms with Crippen LogP contribution in [0.5, 0.6) is 0 Å². The van der Waals surface area contributed by atoms with E-state index in [1.807, 2.05) is 31.2 Å². The number of carbonyl (C=O) groups is 2. The van der Waals surface area contributed by atoms with Crippen molar-refractivity contribution in [3.8, 4) is 0 Å². The highest BCUT2D eigenvalue weighted by molar-refractivity contribution is 7.89. The molecule has 1 saturated heterocycles. The van der Waals surface area contributed by atoms with Gasteiger partial charge in [0.1, 0.15) is 0 Å². The molecule has 0 aliphatic carbocycles. The number of nitrogens with one attached hydrogen (secondary N) is 1. The van der Waals surface area contributed by atoms with Gasteiger partial charge in [0, 0.05) is 45.0 Å². The Morgan fingerprint density at radius 2 is 1.74 bits per heavy atom. The Balaban J connectivity index is 1.63. The largest absolute Gasteiger partial charge is 0.463 e. The summed E-state index contributed by atoms with van der Waals surface area (Å²) < 4.78 is 33.5. The third-order valence-electron chi connectivity index (χ3n) is 7.38. The molecule has 2 aromatic carbocycles. The summed E-state index contributed by atoms with van der Waals surface area (Å²) in [7, 11) is -1.99. The minimum atomic E-state index is -3.63. The maximum absolute atomic E-state index is 13.3. The average Bonchev–Trinajstić information content (AvgIpc) is 2.91. The molecule has 2 unspecified atom stereocenters. The zero-order chi connectivity index (χ0) is 28.3. The van der Waals surface area contributed by atoms with Crippen molar-refractivity contribution in [2.75, 3.05) is 39.8 Å². The molecule has 0 saturated carbocycles. The van der Waals surface area contributed by atoms with Crippen LogP contribution in [0.2, 0.25) is 0 Å². The second kappa shape index (κ2) is 11.9. The lowest BCUT2D eigenvalue weighted by molar-refractivity contribution is -0.139. The molecular weight excluding hydrogens is 516 g/mol. The molecule has 0 spiro atoms. The number of amides is 2. The van der Waals surface area contributed by atoms with Crippen LogP contribution < -0.4 is 5.32 Å². The predicted octanol–water partition coefficient (Wildman–Crippen LogP) is 3.72. The molecule has 1 N–H and O–H groups in total. The molecule has 0 bridgehead atoms. The van der Waals surface area contributed by atoms with Crippen molar-refractivity contribution in [1.82, 2.24) is 19.4 Å². The molecule has 39 heavy (non-hydrogen) atoms. The quantitative estimate of drug-likeness (QED) is 0.500. The van der Waals surface area contributed by atoms with Crippen LogP contribution in [0.3, 0.4) is 0 Å². The number of esters is 1. The van der Waals surface area contributed by atoms with Gasteiger partial charge in [-0.1, -0.05) is 56.3 Å². The molecule has 10 heteroatoms. The van der Waals surface area contributed by atoms with E-state index >= 15 is 0 Å². The lowest BCUT2D eigenvalue weighted by atomic mass is 9.92. The van der Waals surface area contributed by atoms with Gasteiger partial charge in [-0.15, -0.1) is 0 Å². The van der Waals surface area contributed by atoms with Gasteiger partial charge < -0.3 is 10.1 Å². The van der Waals surface area contributed by atoms with E-state index in [0.29, 0.717) is 43.4 Å². The van der Waals surface area contributed by atoms with Crippen molar-refractivity contribution in [1.29, 1.82) is 0 Å². The van der Waals surface area contributed by atoms with Crippen molar-refractivity contribution >= 4 is 22.0 Å². The van der Waals surface area contributed by atoms with E-state index in [2.05, 4.69) is 24.1 Å². The normalized spacial score (nSPS) is 21.3. The molecule has 2 heterocycles. The summed E-state index contributed by atoms with van der Waals surface area (Å²) in [5, 5.41) is 2.96. The monoisotopic (exact) mass is 554 g/mol. The van der Waals surface area contributed by atoms with E-state index < -0.39 is 22.0 Å². The van der Waals surface area contributed by atoms with Crippen LogP contribution in [-0.4, -0.2) is 80.4 Å². The molecule has 9 nitrogen and oxygen atoms in total. The van der Waals surface area contributed by atoms with Crippen molar-refractivity contribution < 1.29 is 22.7 Å². The molecule has 0 radical (unpaired) electrons. The van der Waals surface area contributed by atoms with E-state index in [9.17, 15) is 18.0 Å². The maximum Gasteiger partial charge on any atom is 0.338 e. The molecule has 0 aromatic heterocycles. The number of likely N-dealkylation sites (N-methyl/N-ethyl adjacent to an activating group) is 1. The Hall–Kier alpha value is -3.21. The summed E-state index contributed by atoms with van der Waals surface area (Å²) in [5.74, 6) is -0.122. The van der Waals surface area contributed by atoms with Crippen molar-refractivity contribution in [2.45, 2.75) is 50.6 Å². The summed E-state index contributed by atoms with van der Waals surface area (Å²) in [6.07, 6.45) is 0. The zero-order valence-corrected chi connectivity index (χ0v) is 24.1. The van der Waals surface area contributed by atoms with E-state index in [1.165, 1.54) is 9.21 Å². The smallest absolute Gasteiger partial charge is 0.338 e. The van der Waals surface area contributed by atoms with Gasteiger partial charge in [-0.25, -0.2) is 18.0 Å². The number of benzene rings is 2. The molecule has 4 rings (SSSR count). The molecule has 2 atom stereocenters. The Bertz CT molecular complexity index is 1330. The first-order valence-corrected chi connectivity index (χ1v) is 14.8. The maximum atomic E-state index is 13.3. The second-order valence-corrected chi connectivity index (χ2v) is 12.2. The van der Waals surface area contributed by atoms with Crippen LogP contribution in [0, 0.1) is 0 Å². The lowest BCUT2D eigenvalue weighted by Gasteiger charge is -2.41.